The number of sulfonamides is 1. The van der Waals surface area contributed by atoms with Crippen LogP contribution >= 0.6 is 0 Å². The first kappa shape index (κ1) is 12.9. The number of benzene rings is 1. The molecule has 1 rings (SSSR count). The van der Waals surface area contributed by atoms with Crippen molar-refractivity contribution < 1.29 is 39.4 Å². The van der Waals surface area contributed by atoms with Crippen molar-refractivity contribution in [2.45, 2.75) is 4.90 Å². The van der Waals surface area contributed by atoms with Gasteiger partial charge in [-0.2, -0.15) is 0 Å². The predicted molar refractivity (Wildman–Crippen MR) is 49.0 cm³/mol. The second kappa shape index (κ2) is 4.93. The van der Waals surface area contributed by atoms with Crippen LogP contribution < -0.4 is 34.7 Å². The Morgan fingerprint density at radius 2 is 1.92 bits per heavy atom. The van der Waals surface area contributed by atoms with Crippen LogP contribution in [0.1, 0.15) is 6.99 Å². The number of primary sulfonamides is 1. The van der Waals surface area contributed by atoms with Gasteiger partial charge in [-0.1, -0.05) is 30.9 Å². The van der Waals surface area contributed by atoms with Crippen LogP contribution in [0.15, 0.2) is 35.7 Å². The van der Waals surface area contributed by atoms with Crippen molar-refractivity contribution in [1.82, 2.24) is 0 Å². The van der Waals surface area contributed by atoms with E-state index >= 15 is 0 Å². The van der Waals surface area contributed by atoms with Crippen LogP contribution in [0, 0.1) is 0 Å². The summed E-state index contributed by atoms with van der Waals surface area (Å²) in [4.78, 5) is 0.111. The zero-order valence-electron chi connectivity index (χ0n) is 8.40. The minimum Gasteiger partial charge on any atom is -1.00 e. The van der Waals surface area contributed by atoms with E-state index in [1.54, 1.807) is 18.2 Å². The second-order valence-electron chi connectivity index (χ2n) is 2.29. The molecule has 0 fully saturated rings. The van der Waals surface area contributed by atoms with Gasteiger partial charge in [0.2, 0.25) is 10.0 Å². The molecular formula is C8H10NNaO2S. The molecule has 0 aliphatic rings. The molecule has 0 saturated heterocycles. The minimum absolute atomic E-state index is 0. The number of rotatable bonds is 2. The van der Waals surface area contributed by atoms with Crippen molar-refractivity contribution in [1.29, 1.82) is 0 Å². The first-order valence-electron chi connectivity index (χ1n) is 3.30. The molecule has 0 radical (unpaired) electrons. The molecule has 0 unspecified atom stereocenters. The monoisotopic (exact) mass is 207 g/mol. The van der Waals surface area contributed by atoms with Gasteiger partial charge in [-0.15, -0.1) is 0 Å². The molecule has 2 N–H and O–H groups in total. The summed E-state index contributed by atoms with van der Waals surface area (Å²) >= 11 is 0. The van der Waals surface area contributed by atoms with Crippen LogP contribution in [0.3, 0.4) is 0 Å². The minimum atomic E-state index is -3.62. The maximum absolute atomic E-state index is 10.9. The third-order valence-corrected chi connectivity index (χ3v) is 2.43. The van der Waals surface area contributed by atoms with E-state index in [4.69, 9.17) is 5.14 Å². The molecular weight excluding hydrogens is 197 g/mol. The van der Waals surface area contributed by atoms with E-state index in [0.717, 1.165) is 0 Å². The van der Waals surface area contributed by atoms with Crippen molar-refractivity contribution in [3.8, 4) is 0 Å². The fourth-order valence-electron chi connectivity index (χ4n) is 0.908. The third kappa shape index (κ3) is 3.25. The van der Waals surface area contributed by atoms with E-state index < -0.39 is 10.0 Å². The van der Waals surface area contributed by atoms with Crippen LogP contribution in [0.5, 0.6) is 0 Å². The van der Waals surface area contributed by atoms with Crippen molar-refractivity contribution in [2.24, 2.45) is 5.14 Å². The van der Waals surface area contributed by atoms with Gasteiger partial charge in [0.25, 0.3) is 0 Å². The van der Waals surface area contributed by atoms with Crippen LogP contribution in [0.4, 0.5) is 0 Å². The first-order valence-corrected chi connectivity index (χ1v) is 4.84. The summed E-state index contributed by atoms with van der Waals surface area (Å²) in [6, 6.07) is 6.44. The molecule has 0 aliphatic carbocycles. The number of nitrogens with two attached hydrogens (primary N) is 1. The molecule has 0 aromatic heterocycles. The van der Waals surface area contributed by atoms with Crippen molar-refractivity contribution in [2.75, 3.05) is 0 Å². The first-order chi connectivity index (χ1) is 5.55. The fraction of sp³-hybridized carbons (Fsp3) is 0. The summed E-state index contributed by atoms with van der Waals surface area (Å²) in [6.07, 6.45) is 1.46. The maximum Gasteiger partial charge on any atom is 1.00 e. The molecule has 0 amide bonds. The molecule has 0 saturated carbocycles. The Morgan fingerprint density at radius 3 is 2.31 bits per heavy atom. The number of hydrogen-bond donors (Lipinski definition) is 1. The SMILES string of the molecule is C=Cc1ccccc1S(N)(=O)=O.[H-].[Na+]. The predicted octanol–water partition coefficient (Wildman–Crippen LogP) is -1.91. The van der Waals surface area contributed by atoms with E-state index in [0.29, 0.717) is 5.56 Å². The Bertz CT molecular complexity index is 406. The van der Waals surface area contributed by atoms with Gasteiger partial charge in [0.05, 0.1) is 4.90 Å². The second-order valence-corrected chi connectivity index (χ2v) is 3.82. The summed E-state index contributed by atoms with van der Waals surface area (Å²) in [5.74, 6) is 0. The molecule has 1 aromatic rings. The van der Waals surface area contributed by atoms with Crippen molar-refractivity contribution in [3.63, 3.8) is 0 Å². The van der Waals surface area contributed by atoms with Gasteiger partial charge in [-0.3, -0.25) is 0 Å². The standard InChI is InChI=1S/C8H9NO2S.Na.H/c1-2-7-5-3-4-6-8(7)12(9,10)11;;/h2-6H,1H2,(H2,9,10,11);;/q;+1;-1. The average molecular weight is 207 g/mol. The largest absolute Gasteiger partial charge is 1.00 e. The summed E-state index contributed by atoms with van der Waals surface area (Å²) in [5, 5.41) is 4.96. The maximum atomic E-state index is 10.9. The van der Waals surface area contributed by atoms with Crippen molar-refractivity contribution >= 4 is 16.1 Å². The average Bonchev–Trinajstić information content (AvgIpc) is 2.03. The Morgan fingerprint density at radius 1 is 1.38 bits per heavy atom. The van der Waals surface area contributed by atoms with Gasteiger partial charge in [-0.25, -0.2) is 13.6 Å². The Labute approximate surface area is 101 Å². The van der Waals surface area contributed by atoms with Crippen LogP contribution in [-0.2, 0) is 10.0 Å². The zero-order chi connectivity index (χ0) is 9.19. The Balaban J connectivity index is 0. The van der Waals surface area contributed by atoms with Gasteiger partial charge >= 0.3 is 29.6 Å². The van der Waals surface area contributed by atoms with Crippen LogP contribution in [-0.4, -0.2) is 8.42 Å². The Kier molecular flexibility index (Phi) is 4.88. The van der Waals surface area contributed by atoms with E-state index in [1.165, 1.54) is 12.1 Å². The smallest absolute Gasteiger partial charge is 1.00 e. The third-order valence-electron chi connectivity index (χ3n) is 1.45. The summed E-state index contributed by atoms with van der Waals surface area (Å²) < 4.78 is 21.9. The fourth-order valence-corrected chi connectivity index (χ4v) is 1.66. The Hall–Kier alpha value is -0.130. The summed E-state index contributed by atoms with van der Waals surface area (Å²) in [6.45, 7) is 3.49. The molecule has 13 heavy (non-hydrogen) atoms. The van der Waals surface area contributed by atoms with E-state index in [-0.39, 0.29) is 35.9 Å². The van der Waals surface area contributed by atoms with E-state index in [2.05, 4.69) is 6.58 Å². The molecule has 0 bridgehead atoms. The van der Waals surface area contributed by atoms with Crippen LogP contribution in [0.25, 0.3) is 6.08 Å². The molecule has 0 heterocycles. The van der Waals surface area contributed by atoms with Gasteiger partial charge < -0.3 is 1.43 Å². The molecule has 66 valence electrons. The molecule has 3 nitrogen and oxygen atoms in total. The van der Waals surface area contributed by atoms with Gasteiger partial charge in [0.15, 0.2) is 0 Å². The quantitative estimate of drug-likeness (QED) is 0.575. The zero-order valence-corrected chi connectivity index (χ0v) is 10.2. The molecule has 5 heteroatoms. The van der Waals surface area contributed by atoms with E-state index in [9.17, 15) is 8.42 Å². The number of hydrogen-bond acceptors (Lipinski definition) is 2. The summed E-state index contributed by atoms with van der Waals surface area (Å²) in [5.41, 5.74) is 0.528. The molecule has 0 aliphatic heterocycles. The molecule has 0 spiro atoms. The normalized spacial score (nSPS) is 10.2. The molecule has 0 atom stereocenters. The van der Waals surface area contributed by atoms with Gasteiger partial charge in [0, 0.05) is 0 Å². The van der Waals surface area contributed by atoms with Gasteiger partial charge in [0.1, 0.15) is 0 Å². The molecule has 1 aromatic carbocycles. The van der Waals surface area contributed by atoms with Crippen LogP contribution in [0.2, 0.25) is 0 Å². The van der Waals surface area contributed by atoms with E-state index in [1.807, 2.05) is 0 Å². The van der Waals surface area contributed by atoms with Crippen molar-refractivity contribution in [3.05, 3.63) is 36.4 Å². The topological polar surface area (TPSA) is 60.2 Å². The summed E-state index contributed by atoms with van der Waals surface area (Å²) in [7, 11) is -3.62. The van der Waals surface area contributed by atoms with Gasteiger partial charge in [-0.05, 0) is 11.6 Å².